The fourth-order valence-corrected chi connectivity index (χ4v) is 9.09. The molecule has 31 heavy (non-hydrogen) atoms. The van der Waals surface area contributed by atoms with Crippen molar-refractivity contribution in [2.75, 3.05) is 0 Å². The zero-order chi connectivity index (χ0) is 22.4. The maximum Gasteiger partial charge on any atom is 0.155 e. The van der Waals surface area contributed by atoms with Gasteiger partial charge in [0.2, 0.25) is 0 Å². The van der Waals surface area contributed by atoms with Crippen LogP contribution < -0.4 is 0 Å². The highest BCUT2D eigenvalue weighted by atomic mass is 32.2. The van der Waals surface area contributed by atoms with Crippen LogP contribution in [0.5, 0.6) is 0 Å². The van der Waals surface area contributed by atoms with Crippen molar-refractivity contribution in [3.8, 4) is 0 Å². The Kier molecular flexibility index (Phi) is 6.97. The zero-order valence-electron chi connectivity index (χ0n) is 20.5. The van der Waals surface area contributed by atoms with E-state index >= 15 is 0 Å². The Morgan fingerprint density at radius 2 is 1.94 bits per heavy atom. The van der Waals surface area contributed by atoms with Crippen molar-refractivity contribution in [2.45, 2.75) is 117 Å². The summed E-state index contributed by atoms with van der Waals surface area (Å²) in [5.41, 5.74) is 1.95. The van der Waals surface area contributed by atoms with Crippen molar-refractivity contribution in [1.82, 2.24) is 0 Å². The van der Waals surface area contributed by atoms with Gasteiger partial charge in [0, 0.05) is 0 Å². The molecule has 2 N–H and O–H groups in total. The predicted octanol–water partition coefficient (Wildman–Crippen LogP) is 7.65. The smallest absolute Gasteiger partial charge is 0.155 e. The number of allylic oxidation sites excluding steroid dienone is 1. The van der Waals surface area contributed by atoms with Gasteiger partial charge in [-0.3, -0.25) is 4.18 Å². The second-order valence-electron chi connectivity index (χ2n) is 12.7. The van der Waals surface area contributed by atoms with Gasteiger partial charge in [-0.2, -0.15) is 0 Å². The molecule has 0 aromatic heterocycles. The average Bonchev–Trinajstić information content (AvgIpc) is 3.05. The summed E-state index contributed by atoms with van der Waals surface area (Å²) in [6, 6.07) is 0. The second kappa shape index (κ2) is 8.96. The molecule has 0 aromatic carbocycles. The summed E-state index contributed by atoms with van der Waals surface area (Å²) in [4.78, 5) is 0. The molecule has 0 aromatic rings. The van der Waals surface area contributed by atoms with Crippen LogP contribution in [0.1, 0.15) is 105 Å². The number of fused-ring (bicyclic) bond motifs is 5. The summed E-state index contributed by atoms with van der Waals surface area (Å²) < 4.78 is 14.6. The first-order chi connectivity index (χ1) is 14.6. The third-order valence-electron chi connectivity index (χ3n) is 10.4. The van der Waals surface area contributed by atoms with Crippen molar-refractivity contribution in [3.63, 3.8) is 0 Å². The summed E-state index contributed by atoms with van der Waals surface area (Å²) in [6.07, 6.45) is 16.3. The molecule has 0 bridgehead atoms. The summed E-state index contributed by atoms with van der Waals surface area (Å²) in [6.45, 7) is 11.6. The first kappa shape index (κ1) is 24.1. The third kappa shape index (κ3) is 4.53. The average molecular weight is 451 g/mol. The molecule has 8 atom stereocenters. The summed E-state index contributed by atoms with van der Waals surface area (Å²) in [5.74, 6) is 4.18. The Morgan fingerprint density at radius 1 is 1.16 bits per heavy atom. The fourth-order valence-electron chi connectivity index (χ4n) is 8.80. The van der Waals surface area contributed by atoms with Crippen LogP contribution in [0.4, 0.5) is 0 Å². The van der Waals surface area contributed by atoms with Gasteiger partial charge < -0.3 is 9.66 Å². The minimum absolute atomic E-state index is 0.181. The molecule has 4 aliphatic rings. The van der Waals surface area contributed by atoms with Gasteiger partial charge >= 0.3 is 0 Å². The van der Waals surface area contributed by atoms with E-state index in [1.165, 1.54) is 44.9 Å². The molecular formula is C27H46O3S. The van der Waals surface area contributed by atoms with Crippen LogP contribution in [0.25, 0.3) is 0 Å². The lowest BCUT2D eigenvalue weighted by molar-refractivity contribution is -0.0556. The second-order valence-corrected chi connectivity index (χ2v) is 13.0. The quantitative estimate of drug-likeness (QED) is 0.309. The van der Waals surface area contributed by atoms with Crippen LogP contribution >= 0.6 is 12.3 Å². The van der Waals surface area contributed by atoms with Gasteiger partial charge in [0.05, 0.1) is 11.7 Å². The standard InChI is InChI=1S/C27H46O3S/c1-18(7-6-14-25(2,3)28)22-10-11-23-21-9-8-19-17-20(30-31-29)12-15-26(19,4)24(21)13-16-27(22,23)5/h8,18,20-24,28-29H,6-7,9-17H2,1-5H3/t18-,20?,21?,22-,23?,24?,26?,27?/m1/s1. The molecule has 4 heteroatoms. The van der Waals surface area contributed by atoms with Crippen LogP contribution in [-0.4, -0.2) is 21.4 Å². The fraction of sp³-hybridized carbons (Fsp3) is 0.926. The van der Waals surface area contributed by atoms with E-state index in [0.29, 0.717) is 23.2 Å². The highest BCUT2D eigenvalue weighted by Gasteiger charge is 2.59. The third-order valence-corrected chi connectivity index (χ3v) is 10.8. The summed E-state index contributed by atoms with van der Waals surface area (Å²) in [7, 11) is 0. The summed E-state index contributed by atoms with van der Waals surface area (Å²) in [5, 5.41) is 10.1. The molecule has 0 spiro atoms. The summed E-state index contributed by atoms with van der Waals surface area (Å²) >= 11 is 0.550. The van der Waals surface area contributed by atoms with Crippen molar-refractivity contribution in [3.05, 3.63) is 11.6 Å². The predicted molar refractivity (Wildman–Crippen MR) is 130 cm³/mol. The van der Waals surface area contributed by atoms with Crippen molar-refractivity contribution in [2.24, 2.45) is 40.4 Å². The molecule has 0 heterocycles. The van der Waals surface area contributed by atoms with Gasteiger partial charge in [-0.25, -0.2) is 0 Å². The topological polar surface area (TPSA) is 49.7 Å². The van der Waals surface area contributed by atoms with E-state index < -0.39 is 5.60 Å². The maximum absolute atomic E-state index is 10.1. The Hall–Kier alpha value is -0.0300. The molecule has 3 fully saturated rings. The number of hydrogen-bond donors (Lipinski definition) is 2. The van der Waals surface area contributed by atoms with Gasteiger partial charge in [-0.1, -0.05) is 45.3 Å². The molecule has 4 aliphatic carbocycles. The normalized spacial score (nSPS) is 43.6. The molecule has 6 unspecified atom stereocenters. The molecular weight excluding hydrogens is 404 g/mol. The molecule has 0 radical (unpaired) electrons. The molecule has 3 saturated carbocycles. The largest absolute Gasteiger partial charge is 0.390 e. The minimum Gasteiger partial charge on any atom is -0.390 e. The van der Waals surface area contributed by atoms with E-state index in [9.17, 15) is 5.11 Å². The number of rotatable bonds is 7. The van der Waals surface area contributed by atoms with Crippen molar-refractivity contribution >= 4 is 12.3 Å². The van der Waals surface area contributed by atoms with E-state index in [1.54, 1.807) is 5.57 Å². The Bertz CT molecular complexity index is 670. The first-order valence-electron chi connectivity index (χ1n) is 13.0. The van der Waals surface area contributed by atoms with Gasteiger partial charge in [0.1, 0.15) is 0 Å². The monoisotopic (exact) mass is 450 g/mol. The van der Waals surface area contributed by atoms with E-state index in [2.05, 4.69) is 26.8 Å². The maximum atomic E-state index is 10.1. The Balaban J connectivity index is 1.45. The van der Waals surface area contributed by atoms with Crippen LogP contribution in [0, 0.1) is 40.4 Å². The molecule has 0 amide bonds. The Morgan fingerprint density at radius 3 is 2.65 bits per heavy atom. The van der Waals surface area contributed by atoms with Gasteiger partial charge in [-0.15, -0.1) is 0 Å². The van der Waals surface area contributed by atoms with Gasteiger partial charge in [0.15, 0.2) is 12.3 Å². The van der Waals surface area contributed by atoms with E-state index in [0.717, 1.165) is 55.3 Å². The molecule has 4 rings (SSSR count). The van der Waals surface area contributed by atoms with Crippen molar-refractivity contribution < 1.29 is 13.8 Å². The first-order valence-corrected chi connectivity index (χ1v) is 13.7. The lowest BCUT2D eigenvalue weighted by atomic mass is 9.47. The molecule has 0 aliphatic heterocycles. The lowest BCUT2D eigenvalue weighted by Gasteiger charge is -2.58. The van der Waals surface area contributed by atoms with E-state index in [4.69, 9.17) is 8.74 Å². The van der Waals surface area contributed by atoms with E-state index in [1.807, 2.05) is 13.8 Å². The minimum atomic E-state index is -0.526. The number of aliphatic hydroxyl groups is 1. The number of hydrogen-bond acceptors (Lipinski definition) is 4. The van der Waals surface area contributed by atoms with E-state index in [-0.39, 0.29) is 6.10 Å². The molecule has 178 valence electrons. The lowest BCUT2D eigenvalue weighted by Crippen LogP contribution is -2.50. The molecule has 3 nitrogen and oxygen atoms in total. The molecule has 0 saturated heterocycles. The Labute approximate surface area is 195 Å². The highest BCUT2D eigenvalue weighted by Crippen LogP contribution is 2.67. The van der Waals surface area contributed by atoms with Gasteiger partial charge in [-0.05, 0) is 112 Å². The highest BCUT2D eigenvalue weighted by molar-refractivity contribution is 7.88. The van der Waals surface area contributed by atoms with Gasteiger partial charge in [0.25, 0.3) is 0 Å². The van der Waals surface area contributed by atoms with Crippen LogP contribution in [0.3, 0.4) is 0 Å². The van der Waals surface area contributed by atoms with Crippen LogP contribution in [0.15, 0.2) is 11.6 Å². The zero-order valence-corrected chi connectivity index (χ0v) is 21.3. The SMILES string of the molecule is C[C@H](CCCC(C)(C)O)[C@H]1CCC2C3CC=C4CC(OSO)CCC4(C)C3CCC21C. The van der Waals surface area contributed by atoms with Crippen LogP contribution in [0.2, 0.25) is 0 Å². The van der Waals surface area contributed by atoms with Crippen LogP contribution in [-0.2, 0) is 4.18 Å². The van der Waals surface area contributed by atoms with Crippen molar-refractivity contribution in [1.29, 1.82) is 0 Å².